The molecule has 0 unspecified atom stereocenters. The molecular weight excluding hydrogens is 290 g/mol. The van der Waals surface area contributed by atoms with Crippen molar-refractivity contribution in [2.75, 3.05) is 6.54 Å². The molecular formula is C16H18ClNO3. The maximum absolute atomic E-state index is 12.2. The van der Waals surface area contributed by atoms with E-state index in [9.17, 15) is 9.59 Å². The van der Waals surface area contributed by atoms with Crippen LogP contribution in [0.15, 0.2) is 24.3 Å². The van der Waals surface area contributed by atoms with Gasteiger partial charge in [0.15, 0.2) is 0 Å². The van der Waals surface area contributed by atoms with Gasteiger partial charge in [-0.05, 0) is 43.0 Å². The summed E-state index contributed by atoms with van der Waals surface area (Å²) in [6.45, 7) is 2.18. The van der Waals surface area contributed by atoms with Crippen molar-refractivity contribution in [2.24, 2.45) is 0 Å². The number of benzene rings is 1. The number of halogens is 1. The highest BCUT2D eigenvalue weighted by molar-refractivity contribution is 6.31. The normalized spacial score (nSPS) is 14.4. The molecule has 0 aliphatic heterocycles. The van der Waals surface area contributed by atoms with Crippen molar-refractivity contribution in [2.45, 2.75) is 32.2 Å². The van der Waals surface area contributed by atoms with E-state index in [1.54, 1.807) is 17.0 Å². The summed E-state index contributed by atoms with van der Waals surface area (Å²) >= 11 is 6.04. The fraction of sp³-hybridized carbons (Fsp3) is 0.375. The van der Waals surface area contributed by atoms with Crippen LogP contribution in [0.5, 0.6) is 0 Å². The van der Waals surface area contributed by atoms with Crippen LogP contribution in [0.3, 0.4) is 0 Å². The quantitative estimate of drug-likeness (QED) is 0.821. The summed E-state index contributed by atoms with van der Waals surface area (Å²) in [7, 11) is 0. The van der Waals surface area contributed by atoms with Crippen LogP contribution in [0.4, 0.5) is 0 Å². The predicted octanol–water partition coefficient (Wildman–Crippen LogP) is 3.13. The van der Waals surface area contributed by atoms with Gasteiger partial charge in [0.2, 0.25) is 5.91 Å². The standard InChI is InChI=1S/C16H18ClNO3/c1-11-2-3-12(10-14(11)17)4-7-15(19)18(13-5-6-13)9-8-16(20)21/h2-4,7,10,13H,5-6,8-9H2,1H3,(H,20,21)/b7-4+. The van der Waals surface area contributed by atoms with Crippen LogP contribution in [0.25, 0.3) is 6.08 Å². The van der Waals surface area contributed by atoms with Gasteiger partial charge in [0.05, 0.1) is 6.42 Å². The number of amides is 1. The third-order valence-electron chi connectivity index (χ3n) is 3.45. The van der Waals surface area contributed by atoms with E-state index in [0.29, 0.717) is 5.02 Å². The molecule has 1 fully saturated rings. The Morgan fingerprint density at radius 1 is 1.43 bits per heavy atom. The fourth-order valence-corrected chi connectivity index (χ4v) is 2.24. The zero-order valence-electron chi connectivity index (χ0n) is 11.9. The van der Waals surface area contributed by atoms with Crippen LogP contribution in [-0.4, -0.2) is 34.5 Å². The number of carbonyl (C=O) groups excluding carboxylic acids is 1. The monoisotopic (exact) mass is 307 g/mol. The molecule has 1 N–H and O–H groups in total. The molecule has 0 bridgehead atoms. The smallest absolute Gasteiger partial charge is 0.305 e. The van der Waals surface area contributed by atoms with Crippen LogP contribution >= 0.6 is 11.6 Å². The van der Waals surface area contributed by atoms with Crippen LogP contribution < -0.4 is 0 Å². The van der Waals surface area contributed by atoms with Crippen molar-refractivity contribution in [1.29, 1.82) is 0 Å². The summed E-state index contributed by atoms with van der Waals surface area (Å²) < 4.78 is 0. The van der Waals surface area contributed by atoms with E-state index >= 15 is 0 Å². The van der Waals surface area contributed by atoms with Gasteiger partial charge in [0, 0.05) is 23.7 Å². The lowest BCUT2D eigenvalue weighted by atomic mass is 10.1. The van der Waals surface area contributed by atoms with Gasteiger partial charge in [-0.25, -0.2) is 0 Å². The summed E-state index contributed by atoms with van der Waals surface area (Å²) in [5, 5.41) is 9.40. The van der Waals surface area contributed by atoms with Crippen molar-refractivity contribution in [3.63, 3.8) is 0 Å². The van der Waals surface area contributed by atoms with E-state index in [2.05, 4.69) is 0 Å². The van der Waals surface area contributed by atoms with E-state index in [0.717, 1.165) is 24.0 Å². The second-order valence-corrected chi connectivity index (χ2v) is 5.66. The Balaban J connectivity index is 2.01. The highest BCUT2D eigenvalue weighted by Crippen LogP contribution is 2.27. The van der Waals surface area contributed by atoms with E-state index < -0.39 is 5.97 Å². The Hall–Kier alpha value is -1.81. The van der Waals surface area contributed by atoms with Crippen molar-refractivity contribution in [1.82, 2.24) is 4.90 Å². The summed E-state index contributed by atoms with van der Waals surface area (Å²) in [6.07, 6.45) is 5.09. The molecule has 4 nitrogen and oxygen atoms in total. The molecule has 0 heterocycles. The minimum absolute atomic E-state index is 0.0214. The molecule has 0 aromatic heterocycles. The second kappa shape index (κ2) is 6.76. The number of nitrogens with zero attached hydrogens (tertiary/aromatic N) is 1. The van der Waals surface area contributed by atoms with Gasteiger partial charge in [-0.1, -0.05) is 23.7 Å². The Morgan fingerprint density at radius 3 is 2.71 bits per heavy atom. The minimum Gasteiger partial charge on any atom is -0.481 e. The third kappa shape index (κ3) is 4.60. The summed E-state index contributed by atoms with van der Waals surface area (Å²) in [5.74, 6) is -1.03. The minimum atomic E-state index is -0.886. The summed E-state index contributed by atoms with van der Waals surface area (Å²) in [4.78, 5) is 24.5. The SMILES string of the molecule is Cc1ccc(/C=C/C(=O)N(CCC(=O)O)C2CC2)cc1Cl. The van der Waals surface area contributed by atoms with Gasteiger partial charge in [0.25, 0.3) is 0 Å². The molecule has 1 aliphatic rings. The molecule has 0 radical (unpaired) electrons. The van der Waals surface area contributed by atoms with Crippen molar-refractivity contribution >= 4 is 29.6 Å². The van der Waals surface area contributed by atoms with Gasteiger partial charge in [-0.15, -0.1) is 0 Å². The first-order valence-corrected chi connectivity index (χ1v) is 7.32. The molecule has 1 amide bonds. The summed E-state index contributed by atoms with van der Waals surface area (Å²) in [5.41, 5.74) is 1.84. The third-order valence-corrected chi connectivity index (χ3v) is 3.86. The molecule has 0 saturated heterocycles. The van der Waals surface area contributed by atoms with Crippen LogP contribution in [-0.2, 0) is 9.59 Å². The van der Waals surface area contributed by atoms with E-state index in [1.165, 1.54) is 6.08 Å². The number of aliphatic carboxylic acids is 1. The van der Waals surface area contributed by atoms with Crippen molar-refractivity contribution in [3.05, 3.63) is 40.4 Å². The van der Waals surface area contributed by atoms with E-state index in [-0.39, 0.29) is 24.9 Å². The first-order chi connectivity index (χ1) is 9.97. The highest BCUT2D eigenvalue weighted by atomic mass is 35.5. The largest absolute Gasteiger partial charge is 0.481 e. The molecule has 112 valence electrons. The maximum atomic E-state index is 12.2. The number of carboxylic acids is 1. The number of rotatable bonds is 6. The Kier molecular flexibility index (Phi) is 5.02. The molecule has 2 rings (SSSR count). The van der Waals surface area contributed by atoms with Crippen LogP contribution in [0.1, 0.15) is 30.4 Å². The summed E-state index contributed by atoms with van der Waals surface area (Å²) in [6, 6.07) is 5.79. The maximum Gasteiger partial charge on any atom is 0.305 e. The zero-order valence-corrected chi connectivity index (χ0v) is 12.6. The van der Waals surface area contributed by atoms with Gasteiger partial charge >= 0.3 is 5.97 Å². The number of carboxylic acid groups (broad SMARTS) is 1. The molecule has 1 aromatic carbocycles. The first-order valence-electron chi connectivity index (χ1n) is 6.94. The number of hydrogen-bond acceptors (Lipinski definition) is 2. The lowest BCUT2D eigenvalue weighted by molar-refractivity contribution is -0.138. The van der Waals surface area contributed by atoms with Gasteiger partial charge < -0.3 is 10.0 Å². The molecule has 1 aromatic rings. The van der Waals surface area contributed by atoms with Gasteiger partial charge in [0.1, 0.15) is 0 Å². The van der Waals surface area contributed by atoms with Crippen LogP contribution in [0.2, 0.25) is 5.02 Å². The van der Waals surface area contributed by atoms with Crippen LogP contribution in [0, 0.1) is 6.92 Å². The first kappa shape index (κ1) is 15.6. The van der Waals surface area contributed by atoms with Crippen molar-refractivity contribution < 1.29 is 14.7 Å². The molecule has 0 atom stereocenters. The molecule has 21 heavy (non-hydrogen) atoms. The Morgan fingerprint density at radius 2 is 2.14 bits per heavy atom. The predicted molar refractivity (Wildman–Crippen MR) is 82.2 cm³/mol. The van der Waals surface area contributed by atoms with Gasteiger partial charge in [-0.3, -0.25) is 9.59 Å². The zero-order chi connectivity index (χ0) is 15.4. The van der Waals surface area contributed by atoms with Crippen molar-refractivity contribution in [3.8, 4) is 0 Å². The molecule has 1 aliphatic carbocycles. The Bertz CT molecular complexity index is 579. The number of carbonyl (C=O) groups is 2. The second-order valence-electron chi connectivity index (χ2n) is 5.25. The lowest BCUT2D eigenvalue weighted by Gasteiger charge is -2.19. The lowest BCUT2D eigenvalue weighted by Crippen LogP contribution is -2.33. The Labute approximate surface area is 129 Å². The molecule has 0 spiro atoms. The fourth-order valence-electron chi connectivity index (χ4n) is 2.05. The number of hydrogen-bond donors (Lipinski definition) is 1. The molecule has 5 heteroatoms. The van der Waals surface area contributed by atoms with E-state index in [1.807, 2.05) is 19.1 Å². The average Bonchev–Trinajstić information content (AvgIpc) is 3.24. The topological polar surface area (TPSA) is 57.6 Å². The average molecular weight is 308 g/mol. The number of aryl methyl sites for hydroxylation is 1. The van der Waals surface area contributed by atoms with E-state index in [4.69, 9.17) is 16.7 Å². The molecule has 1 saturated carbocycles. The highest BCUT2D eigenvalue weighted by Gasteiger charge is 2.31. The van der Waals surface area contributed by atoms with Gasteiger partial charge in [-0.2, -0.15) is 0 Å².